The molecule has 1 aromatic heterocycles. The number of halogens is 1. The van der Waals surface area contributed by atoms with E-state index < -0.39 is 5.92 Å². The summed E-state index contributed by atoms with van der Waals surface area (Å²) in [6.45, 7) is 4.82. The van der Waals surface area contributed by atoms with Crippen molar-refractivity contribution in [3.8, 4) is 0 Å². The largest absolute Gasteiger partial charge is 0.352 e. The maximum atomic E-state index is 13.7. The average Bonchev–Trinajstić information content (AvgIpc) is 3.11. The summed E-state index contributed by atoms with van der Waals surface area (Å²) in [6.07, 6.45) is 3.38. The molecule has 0 spiro atoms. The number of aromatic nitrogens is 1. The second kappa shape index (κ2) is 8.29. The molecule has 142 valence electrons. The smallest absolute Gasteiger partial charge is 0.225 e. The number of carbonyl (C=O) groups excluding carboxylic acids is 2. The molecule has 0 radical (unpaired) electrons. The molecule has 1 aliphatic rings. The van der Waals surface area contributed by atoms with E-state index >= 15 is 0 Å². The summed E-state index contributed by atoms with van der Waals surface area (Å²) in [5.74, 6) is -1.24. The number of carbonyl (C=O) groups is 2. The van der Waals surface area contributed by atoms with Gasteiger partial charge in [-0.15, -0.1) is 0 Å². The van der Waals surface area contributed by atoms with E-state index in [9.17, 15) is 14.0 Å². The van der Waals surface area contributed by atoms with E-state index in [1.165, 1.54) is 12.1 Å². The van der Waals surface area contributed by atoms with Crippen molar-refractivity contribution >= 4 is 11.8 Å². The minimum Gasteiger partial charge on any atom is -0.352 e. The first kappa shape index (κ1) is 19.0. The zero-order valence-electron chi connectivity index (χ0n) is 15.6. The van der Waals surface area contributed by atoms with Crippen LogP contribution in [0.4, 0.5) is 4.39 Å². The molecular formula is C21H24FN3O2. The van der Waals surface area contributed by atoms with Crippen LogP contribution in [0.15, 0.2) is 48.8 Å². The normalized spacial score (nSPS) is 19.3. The second-order valence-electron chi connectivity index (χ2n) is 7.24. The molecule has 1 saturated heterocycles. The highest BCUT2D eigenvalue weighted by atomic mass is 19.1. The molecule has 1 aromatic carbocycles. The Labute approximate surface area is 158 Å². The van der Waals surface area contributed by atoms with Crippen LogP contribution in [0, 0.1) is 17.7 Å². The van der Waals surface area contributed by atoms with Crippen LogP contribution in [0.1, 0.15) is 30.9 Å². The molecule has 2 amide bonds. The van der Waals surface area contributed by atoms with Crippen molar-refractivity contribution in [3.63, 3.8) is 0 Å². The van der Waals surface area contributed by atoms with Crippen molar-refractivity contribution in [2.45, 2.75) is 26.3 Å². The van der Waals surface area contributed by atoms with E-state index in [2.05, 4.69) is 10.3 Å². The first-order valence-corrected chi connectivity index (χ1v) is 9.16. The molecule has 0 saturated carbocycles. The van der Waals surface area contributed by atoms with Gasteiger partial charge in [-0.3, -0.25) is 14.6 Å². The van der Waals surface area contributed by atoms with Crippen LogP contribution in [0.2, 0.25) is 0 Å². The van der Waals surface area contributed by atoms with E-state index in [0.29, 0.717) is 19.6 Å². The minimum absolute atomic E-state index is 0.0129. The lowest BCUT2D eigenvalue weighted by molar-refractivity contribution is -0.133. The van der Waals surface area contributed by atoms with Crippen LogP contribution in [0.25, 0.3) is 0 Å². The molecule has 27 heavy (non-hydrogen) atoms. The van der Waals surface area contributed by atoms with Gasteiger partial charge >= 0.3 is 0 Å². The molecule has 3 rings (SSSR count). The molecule has 0 unspecified atom stereocenters. The Hall–Kier alpha value is -2.76. The Kier molecular flexibility index (Phi) is 5.84. The monoisotopic (exact) mass is 369 g/mol. The first-order valence-electron chi connectivity index (χ1n) is 9.16. The SMILES string of the molecule is CC(C)C(=O)N1C[C@@H](C(=O)NCc2cccnc2)[C@H](c2cccc(F)c2)C1. The van der Waals surface area contributed by atoms with Gasteiger partial charge in [-0.2, -0.15) is 0 Å². The van der Waals surface area contributed by atoms with E-state index in [0.717, 1.165) is 11.1 Å². The molecule has 0 aliphatic carbocycles. The quantitative estimate of drug-likeness (QED) is 0.882. The third-order valence-electron chi connectivity index (χ3n) is 4.93. The zero-order valence-corrected chi connectivity index (χ0v) is 15.6. The highest BCUT2D eigenvalue weighted by Crippen LogP contribution is 2.34. The maximum absolute atomic E-state index is 13.7. The number of benzene rings is 1. The lowest BCUT2D eigenvalue weighted by Gasteiger charge is -2.18. The number of likely N-dealkylation sites (tertiary alicyclic amines) is 1. The zero-order chi connectivity index (χ0) is 19.4. The fourth-order valence-electron chi connectivity index (χ4n) is 3.51. The highest BCUT2D eigenvalue weighted by molar-refractivity contribution is 5.84. The summed E-state index contributed by atoms with van der Waals surface area (Å²) in [5, 5.41) is 2.93. The molecule has 2 atom stereocenters. The van der Waals surface area contributed by atoms with Crippen LogP contribution in [-0.4, -0.2) is 34.8 Å². The lowest BCUT2D eigenvalue weighted by atomic mass is 9.88. The van der Waals surface area contributed by atoms with Gasteiger partial charge in [0, 0.05) is 43.9 Å². The van der Waals surface area contributed by atoms with Gasteiger partial charge in [0.1, 0.15) is 5.82 Å². The van der Waals surface area contributed by atoms with E-state index in [1.54, 1.807) is 23.4 Å². The third kappa shape index (κ3) is 4.51. The predicted octanol–water partition coefficient (Wildman–Crippen LogP) is 2.74. The number of hydrogen-bond donors (Lipinski definition) is 1. The van der Waals surface area contributed by atoms with Gasteiger partial charge in [0.15, 0.2) is 0 Å². The summed E-state index contributed by atoms with van der Waals surface area (Å²) in [4.78, 5) is 31.1. The van der Waals surface area contributed by atoms with E-state index in [1.807, 2.05) is 32.0 Å². The van der Waals surface area contributed by atoms with Crippen LogP contribution >= 0.6 is 0 Å². The second-order valence-corrected chi connectivity index (χ2v) is 7.24. The van der Waals surface area contributed by atoms with Crippen molar-refractivity contribution < 1.29 is 14.0 Å². The number of pyridine rings is 1. The van der Waals surface area contributed by atoms with E-state index in [4.69, 9.17) is 0 Å². The number of rotatable bonds is 5. The van der Waals surface area contributed by atoms with Crippen LogP contribution in [-0.2, 0) is 16.1 Å². The Morgan fingerprint density at radius 3 is 2.74 bits per heavy atom. The summed E-state index contributed by atoms with van der Waals surface area (Å²) < 4.78 is 13.7. The number of amides is 2. The summed E-state index contributed by atoms with van der Waals surface area (Å²) >= 11 is 0. The molecule has 1 fully saturated rings. The van der Waals surface area contributed by atoms with Gasteiger partial charge in [0.25, 0.3) is 0 Å². The molecule has 2 heterocycles. The van der Waals surface area contributed by atoms with E-state index in [-0.39, 0.29) is 29.5 Å². The van der Waals surface area contributed by atoms with Gasteiger partial charge < -0.3 is 10.2 Å². The van der Waals surface area contributed by atoms with Crippen molar-refractivity contribution in [1.29, 1.82) is 0 Å². The Morgan fingerprint density at radius 2 is 2.07 bits per heavy atom. The number of hydrogen-bond acceptors (Lipinski definition) is 3. The molecule has 6 heteroatoms. The number of nitrogens with zero attached hydrogens (tertiary/aromatic N) is 2. The van der Waals surface area contributed by atoms with Crippen molar-refractivity contribution in [2.75, 3.05) is 13.1 Å². The van der Waals surface area contributed by atoms with Crippen molar-refractivity contribution in [3.05, 3.63) is 65.7 Å². The molecule has 2 aromatic rings. The summed E-state index contributed by atoms with van der Waals surface area (Å²) in [6, 6.07) is 10.00. The van der Waals surface area contributed by atoms with Crippen LogP contribution < -0.4 is 5.32 Å². The molecular weight excluding hydrogens is 345 g/mol. The summed E-state index contributed by atoms with van der Waals surface area (Å²) in [7, 11) is 0. The van der Waals surface area contributed by atoms with Gasteiger partial charge in [0.05, 0.1) is 5.92 Å². The first-order chi connectivity index (χ1) is 13.0. The fourth-order valence-corrected chi connectivity index (χ4v) is 3.51. The lowest BCUT2D eigenvalue weighted by Crippen LogP contribution is -2.36. The Morgan fingerprint density at radius 1 is 1.26 bits per heavy atom. The third-order valence-corrected chi connectivity index (χ3v) is 4.93. The fraction of sp³-hybridized carbons (Fsp3) is 0.381. The Bertz CT molecular complexity index is 810. The minimum atomic E-state index is -0.411. The van der Waals surface area contributed by atoms with Crippen LogP contribution in [0.5, 0.6) is 0 Å². The van der Waals surface area contributed by atoms with Gasteiger partial charge in [-0.05, 0) is 29.3 Å². The Balaban J connectivity index is 1.78. The van der Waals surface area contributed by atoms with Crippen molar-refractivity contribution in [1.82, 2.24) is 15.2 Å². The summed E-state index contributed by atoms with van der Waals surface area (Å²) in [5.41, 5.74) is 1.65. The van der Waals surface area contributed by atoms with Gasteiger partial charge in [-0.1, -0.05) is 32.0 Å². The number of nitrogens with one attached hydrogen (secondary N) is 1. The molecule has 1 aliphatic heterocycles. The molecule has 5 nitrogen and oxygen atoms in total. The highest BCUT2D eigenvalue weighted by Gasteiger charge is 2.40. The maximum Gasteiger partial charge on any atom is 0.225 e. The van der Waals surface area contributed by atoms with Crippen LogP contribution in [0.3, 0.4) is 0 Å². The topological polar surface area (TPSA) is 62.3 Å². The van der Waals surface area contributed by atoms with Gasteiger partial charge in [0.2, 0.25) is 11.8 Å². The predicted molar refractivity (Wildman–Crippen MR) is 100 cm³/mol. The standard InChI is InChI=1S/C21H24FN3O2/c1-14(2)21(27)25-12-18(16-6-3-7-17(22)9-16)19(13-25)20(26)24-11-15-5-4-8-23-10-15/h3-10,14,18-19H,11-13H2,1-2H3,(H,24,26)/t18-,19+/m0/s1. The van der Waals surface area contributed by atoms with Gasteiger partial charge in [-0.25, -0.2) is 4.39 Å². The van der Waals surface area contributed by atoms with Crippen molar-refractivity contribution in [2.24, 2.45) is 11.8 Å². The molecule has 1 N–H and O–H groups in total. The average molecular weight is 369 g/mol. The molecule has 0 bridgehead atoms.